The number of ether oxygens (including phenoxy) is 1. The van der Waals surface area contributed by atoms with E-state index >= 15 is 0 Å². The molecule has 0 spiro atoms. The summed E-state index contributed by atoms with van der Waals surface area (Å²) in [5.74, 6) is -4.11. The number of sulfonamides is 1. The first-order valence-electron chi connectivity index (χ1n) is 19.3. The maximum absolute atomic E-state index is 14.8. The highest BCUT2D eigenvalue weighted by Crippen LogP contribution is 2.47. The molecule has 3 fully saturated rings. The zero-order valence-electron chi connectivity index (χ0n) is 31.0. The number of aryl methyl sites for hydroxylation is 1. The number of pyridine rings is 1. The van der Waals surface area contributed by atoms with E-state index in [1.165, 1.54) is 11.3 Å². The summed E-state index contributed by atoms with van der Waals surface area (Å²) in [6.07, 6.45) is 7.94. The third-order valence-electron chi connectivity index (χ3n) is 11.3. The van der Waals surface area contributed by atoms with Crippen molar-refractivity contribution in [2.75, 3.05) is 0 Å². The van der Waals surface area contributed by atoms with Crippen LogP contribution in [0.25, 0.3) is 21.6 Å². The lowest BCUT2D eigenvalue weighted by Crippen LogP contribution is -2.54. The van der Waals surface area contributed by atoms with Crippen LogP contribution in [0.1, 0.15) is 80.4 Å². The van der Waals surface area contributed by atoms with Gasteiger partial charge in [0, 0.05) is 17.5 Å². The summed E-state index contributed by atoms with van der Waals surface area (Å²) < 4.78 is 34.7. The first-order chi connectivity index (χ1) is 27.0. The highest BCUT2D eigenvalue weighted by atomic mass is 32.2. The number of carbonyl (C=O) groups excluding carboxylic acids is 4. The molecule has 0 saturated heterocycles. The SMILES string of the molecule is Cc1cccc(C(=O)N[C@@H]2CCCCC/C=C\C3C[C@@]3(C(=O)NS(=O)(=O)C3CC3)NC(=O)[C@@H]3C[C@@H](Oc4nc5ccccc5nc4-c4cccs4)CC3C2=O)n1. The van der Waals surface area contributed by atoms with Gasteiger partial charge < -0.3 is 15.4 Å². The Kier molecular flexibility index (Phi) is 10.5. The lowest BCUT2D eigenvalue weighted by molar-refractivity contribution is -0.136. The molecule has 4 aliphatic rings. The fraction of sp³-hybridized carbons (Fsp3) is 0.439. The number of carbonyl (C=O) groups is 4. The monoisotopic (exact) mass is 796 g/mol. The zero-order valence-corrected chi connectivity index (χ0v) is 32.6. The molecule has 15 heteroatoms. The Morgan fingerprint density at radius 2 is 1.70 bits per heavy atom. The Morgan fingerprint density at radius 3 is 2.45 bits per heavy atom. The van der Waals surface area contributed by atoms with Gasteiger partial charge in [0.1, 0.15) is 23.0 Å². The summed E-state index contributed by atoms with van der Waals surface area (Å²) in [7, 11) is -3.89. The van der Waals surface area contributed by atoms with Crippen molar-refractivity contribution in [3.63, 3.8) is 0 Å². The van der Waals surface area contributed by atoms with Crippen LogP contribution >= 0.6 is 11.3 Å². The Labute approximate surface area is 329 Å². The molecule has 3 amide bonds. The number of rotatable bonds is 8. The molecule has 3 saturated carbocycles. The molecule has 3 aliphatic carbocycles. The Bertz CT molecular complexity index is 2310. The maximum atomic E-state index is 14.8. The normalized spacial score (nSPS) is 27.5. The van der Waals surface area contributed by atoms with E-state index in [0.29, 0.717) is 54.5 Å². The molecule has 3 N–H and O–H groups in total. The number of para-hydroxylation sites is 2. The summed E-state index contributed by atoms with van der Waals surface area (Å²) in [6, 6.07) is 15.5. The minimum absolute atomic E-state index is 0.110. The van der Waals surface area contributed by atoms with Gasteiger partial charge in [0.15, 0.2) is 5.78 Å². The smallest absolute Gasteiger partial charge is 0.270 e. The van der Waals surface area contributed by atoms with Crippen molar-refractivity contribution >= 4 is 55.9 Å². The minimum atomic E-state index is -3.89. The third kappa shape index (κ3) is 7.97. The molecule has 2 unspecified atom stereocenters. The number of amides is 3. The van der Waals surface area contributed by atoms with Gasteiger partial charge in [-0.15, -0.1) is 11.3 Å². The van der Waals surface area contributed by atoms with E-state index in [4.69, 9.17) is 14.7 Å². The lowest BCUT2D eigenvalue weighted by Gasteiger charge is -2.26. The number of fused-ring (bicyclic) bond motifs is 3. The Balaban J connectivity index is 1.13. The molecule has 6 atom stereocenters. The van der Waals surface area contributed by atoms with Gasteiger partial charge in [-0.25, -0.2) is 23.4 Å². The number of nitrogens with zero attached hydrogens (tertiary/aromatic N) is 3. The minimum Gasteiger partial charge on any atom is -0.473 e. The molecular formula is C41H44N6O7S2. The van der Waals surface area contributed by atoms with Gasteiger partial charge in [0.05, 0.1) is 33.1 Å². The van der Waals surface area contributed by atoms with Crippen molar-refractivity contribution in [2.45, 2.75) is 94.1 Å². The Hall–Kier alpha value is -5.02. The number of ketones is 1. The number of benzene rings is 1. The number of hydrogen-bond acceptors (Lipinski definition) is 11. The molecule has 13 nitrogen and oxygen atoms in total. The molecule has 56 heavy (non-hydrogen) atoms. The van der Waals surface area contributed by atoms with Crippen LogP contribution in [0.4, 0.5) is 0 Å². The highest BCUT2D eigenvalue weighted by Gasteiger charge is 2.62. The first-order valence-corrected chi connectivity index (χ1v) is 21.7. The van der Waals surface area contributed by atoms with E-state index in [2.05, 4.69) is 20.3 Å². The summed E-state index contributed by atoms with van der Waals surface area (Å²) in [5, 5.41) is 7.19. The van der Waals surface area contributed by atoms with Gasteiger partial charge in [0.2, 0.25) is 21.8 Å². The summed E-state index contributed by atoms with van der Waals surface area (Å²) in [4.78, 5) is 71.6. The Morgan fingerprint density at radius 1 is 0.911 bits per heavy atom. The van der Waals surface area contributed by atoms with Crippen molar-refractivity contribution in [2.24, 2.45) is 17.8 Å². The van der Waals surface area contributed by atoms with Crippen LogP contribution in [0.5, 0.6) is 5.88 Å². The zero-order chi connectivity index (χ0) is 39.0. The largest absolute Gasteiger partial charge is 0.473 e. The van der Waals surface area contributed by atoms with Crippen LogP contribution in [0, 0.1) is 24.7 Å². The molecule has 1 aliphatic heterocycles. The second kappa shape index (κ2) is 15.5. The van der Waals surface area contributed by atoms with Crippen LogP contribution in [-0.2, 0) is 24.4 Å². The molecule has 8 rings (SSSR count). The molecule has 4 aromatic rings. The van der Waals surface area contributed by atoms with Crippen molar-refractivity contribution in [3.8, 4) is 16.5 Å². The maximum Gasteiger partial charge on any atom is 0.270 e. The van der Waals surface area contributed by atoms with Gasteiger partial charge in [-0.05, 0) is 94.0 Å². The molecule has 0 radical (unpaired) electrons. The van der Waals surface area contributed by atoms with Crippen molar-refractivity contribution in [1.82, 2.24) is 30.3 Å². The van der Waals surface area contributed by atoms with E-state index in [1.807, 2.05) is 53.9 Å². The second-order valence-corrected chi connectivity index (χ2v) is 18.3. The quantitative estimate of drug-likeness (QED) is 0.200. The predicted octanol–water partition coefficient (Wildman–Crippen LogP) is 5.21. The molecule has 3 aromatic heterocycles. The summed E-state index contributed by atoms with van der Waals surface area (Å²) in [5.41, 5.74) is 1.22. The fourth-order valence-electron chi connectivity index (χ4n) is 7.96. The molecule has 1 aromatic carbocycles. The van der Waals surface area contributed by atoms with Crippen molar-refractivity contribution in [3.05, 3.63) is 83.5 Å². The van der Waals surface area contributed by atoms with Crippen LogP contribution in [0.2, 0.25) is 0 Å². The standard InChI is InChI=1S/C41H44N6O7S2/c1-24-11-9-16-33(42-24)38(50)44-32-15-6-4-2-3-5-12-25-23-41(25,40(51)47-56(52,53)27-18-19-27)46-37(49)29-22-26(21-28(29)36(32)48)54-39-35(34-17-10-20-55-34)43-30-13-7-8-14-31(30)45-39/h5,7-14,16-17,20,25-29,32H,2-4,6,15,18-19,21-23H2,1H3,(H,44,50)(H,46,49)(H,47,51)/b12-5-/t25?,26-,28?,29+,32+,41+/m0/s1. The molecule has 0 bridgehead atoms. The van der Waals surface area contributed by atoms with Crippen molar-refractivity contribution in [1.29, 1.82) is 0 Å². The van der Waals surface area contributed by atoms with Gasteiger partial charge in [-0.2, -0.15) is 0 Å². The van der Waals surface area contributed by atoms with Gasteiger partial charge in [-0.3, -0.25) is 23.9 Å². The van der Waals surface area contributed by atoms with Gasteiger partial charge in [0.25, 0.3) is 11.8 Å². The average Bonchev–Trinajstić information content (AvgIpc) is 4.05. The van der Waals surface area contributed by atoms with Crippen LogP contribution in [-0.4, -0.2) is 69.8 Å². The number of aromatic nitrogens is 3. The van der Waals surface area contributed by atoms with E-state index in [-0.39, 0.29) is 36.6 Å². The fourth-order valence-corrected chi connectivity index (χ4v) is 10.0. The molecule has 292 valence electrons. The third-order valence-corrected chi connectivity index (χ3v) is 14.0. The number of hydrogen-bond donors (Lipinski definition) is 3. The predicted molar refractivity (Wildman–Crippen MR) is 210 cm³/mol. The number of allylic oxidation sites excluding steroid dienone is 1. The van der Waals surface area contributed by atoms with E-state index in [1.54, 1.807) is 25.1 Å². The first kappa shape index (κ1) is 37.9. The van der Waals surface area contributed by atoms with Crippen molar-refractivity contribution < 1.29 is 32.3 Å². The second-order valence-electron chi connectivity index (χ2n) is 15.4. The van der Waals surface area contributed by atoms with E-state index in [0.717, 1.165) is 17.7 Å². The highest BCUT2D eigenvalue weighted by molar-refractivity contribution is 7.91. The van der Waals surface area contributed by atoms with Gasteiger partial charge in [-0.1, -0.05) is 49.3 Å². The van der Waals surface area contributed by atoms with Crippen LogP contribution < -0.4 is 20.1 Å². The lowest BCUT2D eigenvalue weighted by atomic mass is 9.85. The van der Waals surface area contributed by atoms with Crippen LogP contribution in [0.3, 0.4) is 0 Å². The summed E-state index contributed by atoms with van der Waals surface area (Å²) in [6.45, 7) is 1.78. The average molecular weight is 797 g/mol. The van der Waals surface area contributed by atoms with Gasteiger partial charge >= 0.3 is 0 Å². The van der Waals surface area contributed by atoms with Crippen LogP contribution in [0.15, 0.2) is 72.1 Å². The molecular weight excluding hydrogens is 753 g/mol. The number of thiophene rings is 1. The number of Topliss-reactive ketones (excluding diaryl/α,β-unsaturated/α-hetero) is 1. The number of nitrogens with one attached hydrogen (secondary N) is 3. The van der Waals surface area contributed by atoms with E-state index < -0.39 is 68.4 Å². The topological polar surface area (TPSA) is 186 Å². The van der Waals surface area contributed by atoms with E-state index in [9.17, 15) is 27.6 Å². The molecule has 4 heterocycles. The summed E-state index contributed by atoms with van der Waals surface area (Å²) >= 11 is 1.49.